The fourth-order valence-corrected chi connectivity index (χ4v) is 4.35. The van der Waals surface area contributed by atoms with Crippen molar-refractivity contribution in [2.45, 2.75) is 37.5 Å². The van der Waals surface area contributed by atoms with Crippen LogP contribution in [0.25, 0.3) is 10.9 Å². The number of carbonyl (C=O) groups is 3. The molecule has 10 nitrogen and oxygen atoms in total. The van der Waals surface area contributed by atoms with Crippen molar-refractivity contribution in [1.29, 1.82) is 0 Å². The van der Waals surface area contributed by atoms with E-state index in [1.165, 1.54) is 13.2 Å². The van der Waals surface area contributed by atoms with Gasteiger partial charge in [-0.2, -0.15) is 0 Å². The lowest BCUT2D eigenvalue weighted by molar-refractivity contribution is -0.149. The Labute approximate surface area is 203 Å². The Morgan fingerprint density at radius 1 is 1.29 bits per heavy atom. The predicted molar refractivity (Wildman–Crippen MR) is 126 cm³/mol. The van der Waals surface area contributed by atoms with Gasteiger partial charge in [0.25, 0.3) is 0 Å². The van der Waals surface area contributed by atoms with Crippen molar-refractivity contribution in [1.82, 2.24) is 15.6 Å². The Balaban J connectivity index is 1.49. The summed E-state index contributed by atoms with van der Waals surface area (Å²) >= 11 is 0. The maximum atomic E-state index is 13.0. The van der Waals surface area contributed by atoms with Gasteiger partial charge in [-0.1, -0.05) is 6.08 Å². The molecule has 1 aromatic carbocycles. The van der Waals surface area contributed by atoms with Crippen molar-refractivity contribution in [3.05, 3.63) is 42.6 Å². The molecule has 2 heterocycles. The minimum Gasteiger partial charge on any atom is -0.497 e. The van der Waals surface area contributed by atoms with E-state index >= 15 is 0 Å². The number of ether oxygens (including phenoxy) is 4. The second-order valence-electron chi connectivity index (χ2n) is 8.54. The summed E-state index contributed by atoms with van der Waals surface area (Å²) in [5, 5.41) is 6.71. The molecule has 2 aliphatic rings. The molecular weight excluding hydrogens is 454 g/mol. The smallest absolute Gasteiger partial charge is 0.356 e. The highest BCUT2D eigenvalue weighted by atomic mass is 16.5. The molecule has 1 aliphatic heterocycles. The lowest BCUT2D eigenvalue weighted by Crippen LogP contribution is -2.51. The molecule has 4 atom stereocenters. The van der Waals surface area contributed by atoms with Gasteiger partial charge in [0.2, 0.25) is 5.91 Å². The molecule has 1 unspecified atom stereocenters. The van der Waals surface area contributed by atoms with Gasteiger partial charge in [-0.3, -0.25) is 4.79 Å². The van der Waals surface area contributed by atoms with Gasteiger partial charge in [0.1, 0.15) is 23.1 Å². The molecule has 1 aliphatic carbocycles. The Morgan fingerprint density at radius 2 is 2.09 bits per heavy atom. The Kier molecular flexibility index (Phi) is 6.93. The largest absolute Gasteiger partial charge is 0.497 e. The number of nitrogens with zero attached hydrogens (tertiary/aromatic N) is 1. The second kappa shape index (κ2) is 9.91. The summed E-state index contributed by atoms with van der Waals surface area (Å²) in [6.45, 7) is 6.11. The van der Waals surface area contributed by atoms with Gasteiger partial charge in [-0.05, 0) is 25.5 Å². The molecule has 4 rings (SSSR count). The van der Waals surface area contributed by atoms with E-state index < -0.39 is 23.5 Å². The first-order valence-electron chi connectivity index (χ1n) is 11.4. The van der Waals surface area contributed by atoms with Crippen LogP contribution in [-0.4, -0.2) is 67.9 Å². The number of pyridine rings is 1. The van der Waals surface area contributed by atoms with Crippen molar-refractivity contribution < 1.29 is 33.3 Å². The highest BCUT2D eigenvalue weighted by Gasteiger charge is 2.61. The Morgan fingerprint density at radius 3 is 2.74 bits per heavy atom. The van der Waals surface area contributed by atoms with Crippen molar-refractivity contribution >= 4 is 28.7 Å². The Hall–Kier alpha value is -3.66. The predicted octanol–water partition coefficient (Wildman–Crippen LogP) is 1.76. The summed E-state index contributed by atoms with van der Waals surface area (Å²) in [6.07, 6.45) is 2.15. The molecule has 0 radical (unpaired) electrons. The standard InChI is InChI=1S/C25H29N3O7/c1-5-14-12-25(14,24(31)34-6-2)28-22(29)19-10-16(13-26-19)35-21-11-20(23(30)33-4)27-18-9-15(32-3)7-8-17(18)21/h5,7-9,11,14,16,19,26H,1,6,10,12-13H2,2-4H3,(H,28,29)/t14?,16-,19+,25-/m1/s1. The van der Waals surface area contributed by atoms with Gasteiger partial charge in [-0.25, -0.2) is 14.6 Å². The molecule has 0 bridgehead atoms. The van der Waals surface area contributed by atoms with Crippen LogP contribution >= 0.6 is 0 Å². The summed E-state index contributed by atoms with van der Waals surface area (Å²) in [5.41, 5.74) is -0.433. The summed E-state index contributed by atoms with van der Waals surface area (Å²) in [7, 11) is 2.83. The van der Waals surface area contributed by atoms with Gasteiger partial charge >= 0.3 is 11.9 Å². The van der Waals surface area contributed by atoms with Gasteiger partial charge in [0.15, 0.2) is 5.69 Å². The van der Waals surface area contributed by atoms with Crippen molar-refractivity contribution in [3.8, 4) is 11.5 Å². The van der Waals surface area contributed by atoms with Crippen LogP contribution in [0.1, 0.15) is 30.3 Å². The van der Waals surface area contributed by atoms with Crippen LogP contribution in [0.4, 0.5) is 0 Å². The van der Waals surface area contributed by atoms with E-state index in [9.17, 15) is 14.4 Å². The Bertz CT molecular complexity index is 1170. The molecule has 1 saturated carbocycles. The zero-order chi connectivity index (χ0) is 25.2. The third kappa shape index (κ3) is 4.79. The summed E-state index contributed by atoms with van der Waals surface area (Å²) in [4.78, 5) is 41.9. The first-order valence-corrected chi connectivity index (χ1v) is 11.4. The van der Waals surface area contributed by atoms with E-state index in [-0.39, 0.29) is 30.2 Å². The highest BCUT2D eigenvalue weighted by Crippen LogP contribution is 2.45. The van der Waals surface area contributed by atoms with E-state index in [0.29, 0.717) is 41.8 Å². The van der Waals surface area contributed by atoms with E-state index in [4.69, 9.17) is 18.9 Å². The number of amides is 1. The SMILES string of the molecule is C=CC1C[C@]1(NC(=O)[C@@H]1C[C@@H](Oc2cc(C(=O)OC)nc3cc(OC)ccc23)CN1)C(=O)OCC. The minimum absolute atomic E-state index is 0.101. The van der Waals surface area contributed by atoms with Gasteiger partial charge in [0.05, 0.1) is 32.4 Å². The fraction of sp³-hybridized carbons (Fsp3) is 0.440. The summed E-state index contributed by atoms with van der Waals surface area (Å²) in [5.74, 6) is -0.456. The number of nitrogens with one attached hydrogen (secondary N) is 2. The molecule has 1 saturated heterocycles. The number of rotatable bonds is 9. The van der Waals surface area contributed by atoms with Crippen LogP contribution < -0.4 is 20.1 Å². The maximum Gasteiger partial charge on any atom is 0.356 e. The average molecular weight is 484 g/mol. The lowest BCUT2D eigenvalue weighted by Gasteiger charge is -2.20. The van der Waals surface area contributed by atoms with Crippen LogP contribution in [0.2, 0.25) is 0 Å². The molecular formula is C25H29N3O7. The third-order valence-electron chi connectivity index (χ3n) is 6.36. The molecule has 35 heavy (non-hydrogen) atoms. The molecule has 0 spiro atoms. The van der Waals surface area contributed by atoms with Crippen LogP contribution in [-0.2, 0) is 19.1 Å². The van der Waals surface area contributed by atoms with E-state index in [1.807, 2.05) is 0 Å². The fourth-order valence-electron chi connectivity index (χ4n) is 4.35. The van der Waals surface area contributed by atoms with Crippen molar-refractivity contribution in [2.24, 2.45) is 5.92 Å². The molecule has 10 heteroatoms. The number of fused-ring (bicyclic) bond motifs is 1. The van der Waals surface area contributed by atoms with E-state index in [0.717, 1.165) is 0 Å². The zero-order valence-electron chi connectivity index (χ0n) is 20.0. The summed E-state index contributed by atoms with van der Waals surface area (Å²) < 4.78 is 21.5. The number of carbonyl (C=O) groups excluding carboxylic acids is 3. The zero-order valence-corrected chi connectivity index (χ0v) is 20.0. The first kappa shape index (κ1) is 24.5. The quantitative estimate of drug-likeness (QED) is 0.405. The van der Waals surface area contributed by atoms with Crippen LogP contribution in [0.5, 0.6) is 11.5 Å². The first-order chi connectivity index (χ1) is 16.8. The van der Waals surface area contributed by atoms with Crippen molar-refractivity contribution in [3.63, 3.8) is 0 Å². The normalized spacial score (nSPS) is 24.9. The van der Waals surface area contributed by atoms with Crippen LogP contribution in [0.3, 0.4) is 0 Å². The van der Waals surface area contributed by atoms with Gasteiger partial charge < -0.3 is 29.6 Å². The number of esters is 2. The number of hydrogen-bond donors (Lipinski definition) is 2. The number of benzene rings is 1. The number of hydrogen-bond acceptors (Lipinski definition) is 9. The maximum absolute atomic E-state index is 13.0. The summed E-state index contributed by atoms with van der Waals surface area (Å²) in [6, 6.07) is 6.26. The van der Waals surface area contributed by atoms with E-state index in [1.54, 1.807) is 38.3 Å². The topological polar surface area (TPSA) is 125 Å². The van der Waals surface area contributed by atoms with Gasteiger partial charge in [0, 0.05) is 36.4 Å². The average Bonchev–Trinajstić information content (AvgIpc) is 3.38. The van der Waals surface area contributed by atoms with E-state index in [2.05, 4.69) is 22.2 Å². The molecule has 186 valence electrons. The molecule has 2 fully saturated rings. The molecule has 2 N–H and O–H groups in total. The number of aromatic nitrogens is 1. The highest BCUT2D eigenvalue weighted by molar-refractivity contribution is 5.95. The lowest BCUT2D eigenvalue weighted by atomic mass is 10.1. The second-order valence-corrected chi connectivity index (χ2v) is 8.54. The van der Waals surface area contributed by atoms with Crippen molar-refractivity contribution in [2.75, 3.05) is 27.4 Å². The molecule has 2 aromatic rings. The third-order valence-corrected chi connectivity index (χ3v) is 6.36. The monoisotopic (exact) mass is 483 g/mol. The minimum atomic E-state index is -1.05. The van der Waals surface area contributed by atoms with Gasteiger partial charge in [-0.15, -0.1) is 6.58 Å². The van der Waals surface area contributed by atoms with Crippen LogP contribution in [0.15, 0.2) is 36.9 Å². The molecule has 1 aromatic heterocycles. The number of methoxy groups -OCH3 is 2. The van der Waals surface area contributed by atoms with Crippen LogP contribution in [0, 0.1) is 5.92 Å². The molecule has 1 amide bonds.